The molecule has 0 saturated carbocycles. The fourth-order valence-electron chi connectivity index (χ4n) is 2.21. The average Bonchev–Trinajstić information content (AvgIpc) is 2.59. The normalized spacial score (nSPS) is 20.3. The van der Waals surface area contributed by atoms with Crippen molar-refractivity contribution in [3.05, 3.63) is 18.2 Å². The summed E-state index contributed by atoms with van der Waals surface area (Å²) in [4.78, 5) is 0. The third kappa shape index (κ3) is 3.51. The van der Waals surface area contributed by atoms with E-state index in [1.807, 2.05) is 45.9 Å². The Hall–Kier alpha value is -0.978. The van der Waals surface area contributed by atoms with Gasteiger partial charge in [-0.15, -0.1) is 0 Å². The van der Waals surface area contributed by atoms with Gasteiger partial charge in [0, 0.05) is 0 Å². The fraction of sp³-hybridized carbons (Fsp3) is 0.667. The molecule has 1 saturated heterocycles. The zero-order valence-electron chi connectivity index (χ0n) is 16.6. The van der Waals surface area contributed by atoms with Gasteiger partial charge in [0.2, 0.25) is 0 Å². The standard InChI is InChI=1S/C18H32BNO3Si/c1-16(2,3)24(8,9)21-15-11-10-13(12-14(15)20)19-22-17(4,5)18(6,7)23-19/h10-12H,20H2,1-9H3. The summed E-state index contributed by atoms with van der Waals surface area (Å²) in [7, 11) is -2.32. The largest absolute Gasteiger partial charge is 0.542 e. The van der Waals surface area contributed by atoms with Gasteiger partial charge in [0.1, 0.15) is 5.75 Å². The summed E-state index contributed by atoms with van der Waals surface area (Å²) in [6.07, 6.45) is 0. The van der Waals surface area contributed by atoms with Crippen LogP contribution in [0.3, 0.4) is 0 Å². The zero-order chi connectivity index (χ0) is 18.6. The first-order valence-electron chi connectivity index (χ1n) is 8.60. The molecule has 0 atom stereocenters. The molecule has 2 N–H and O–H groups in total. The van der Waals surface area contributed by atoms with Gasteiger partial charge in [0.05, 0.1) is 16.9 Å². The number of rotatable bonds is 3. The van der Waals surface area contributed by atoms with E-state index in [9.17, 15) is 0 Å². The van der Waals surface area contributed by atoms with Crippen LogP contribution in [0.4, 0.5) is 5.69 Å². The molecule has 0 radical (unpaired) electrons. The molecule has 134 valence electrons. The highest BCUT2D eigenvalue weighted by Gasteiger charge is 2.51. The maximum Gasteiger partial charge on any atom is 0.494 e. The Balaban J connectivity index is 2.23. The number of anilines is 1. The molecule has 2 rings (SSSR count). The number of nitrogens with two attached hydrogens (primary N) is 1. The average molecular weight is 349 g/mol. The molecule has 1 fully saturated rings. The predicted octanol–water partition coefficient (Wildman–Crippen LogP) is 3.95. The third-order valence-electron chi connectivity index (χ3n) is 5.73. The molecule has 4 nitrogen and oxygen atoms in total. The first kappa shape index (κ1) is 19.3. The number of hydrogen-bond donors (Lipinski definition) is 1. The topological polar surface area (TPSA) is 53.7 Å². The summed E-state index contributed by atoms with van der Waals surface area (Å²) in [5.74, 6) is 0.752. The summed E-state index contributed by atoms with van der Waals surface area (Å²) in [6, 6.07) is 5.84. The highest BCUT2D eigenvalue weighted by Crippen LogP contribution is 2.39. The Morgan fingerprint density at radius 1 is 1.04 bits per heavy atom. The summed E-state index contributed by atoms with van der Waals surface area (Å²) in [6.45, 7) is 19.3. The van der Waals surface area contributed by atoms with Gasteiger partial charge in [0.25, 0.3) is 8.32 Å². The number of benzene rings is 1. The van der Waals surface area contributed by atoms with Crippen molar-refractivity contribution in [2.45, 2.75) is 77.8 Å². The minimum absolute atomic E-state index is 0.129. The summed E-state index contributed by atoms with van der Waals surface area (Å²) >= 11 is 0. The zero-order valence-corrected chi connectivity index (χ0v) is 17.6. The van der Waals surface area contributed by atoms with Gasteiger partial charge < -0.3 is 19.5 Å². The second-order valence-electron chi connectivity index (χ2n) is 9.25. The number of hydrogen-bond acceptors (Lipinski definition) is 4. The molecule has 6 heteroatoms. The molecule has 1 aliphatic heterocycles. The van der Waals surface area contributed by atoms with E-state index in [-0.39, 0.29) is 16.2 Å². The first-order valence-corrected chi connectivity index (χ1v) is 11.5. The van der Waals surface area contributed by atoms with E-state index in [0.717, 1.165) is 11.2 Å². The van der Waals surface area contributed by atoms with Crippen LogP contribution >= 0.6 is 0 Å². The lowest BCUT2D eigenvalue weighted by Crippen LogP contribution is -2.44. The van der Waals surface area contributed by atoms with Crippen molar-refractivity contribution in [2.24, 2.45) is 0 Å². The summed E-state index contributed by atoms with van der Waals surface area (Å²) in [5, 5.41) is 0.129. The van der Waals surface area contributed by atoms with E-state index in [1.54, 1.807) is 0 Å². The molecule has 0 spiro atoms. The Morgan fingerprint density at radius 2 is 1.54 bits per heavy atom. The molecule has 1 heterocycles. The smallest absolute Gasteiger partial charge is 0.494 e. The van der Waals surface area contributed by atoms with Crippen LogP contribution in [-0.4, -0.2) is 26.6 Å². The van der Waals surface area contributed by atoms with Gasteiger partial charge in [-0.25, -0.2) is 0 Å². The maximum absolute atomic E-state index is 6.33. The Labute approximate surface area is 148 Å². The molecule has 0 bridgehead atoms. The lowest BCUT2D eigenvalue weighted by Gasteiger charge is -2.36. The van der Waals surface area contributed by atoms with Crippen LogP contribution in [0, 0.1) is 0 Å². The molecule has 0 unspecified atom stereocenters. The van der Waals surface area contributed by atoms with Gasteiger partial charge in [0.15, 0.2) is 0 Å². The lowest BCUT2D eigenvalue weighted by atomic mass is 9.79. The first-order chi connectivity index (χ1) is 10.7. The quantitative estimate of drug-likeness (QED) is 0.663. The number of nitrogen functional groups attached to an aromatic ring is 1. The van der Waals surface area contributed by atoms with Crippen molar-refractivity contribution in [3.63, 3.8) is 0 Å². The van der Waals surface area contributed by atoms with Crippen LogP contribution in [0.1, 0.15) is 48.5 Å². The van der Waals surface area contributed by atoms with Gasteiger partial charge in [-0.1, -0.05) is 26.8 Å². The van der Waals surface area contributed by atoms with Crippen LogP contribution in [0.25, 0.3) is 0 Å². The van der Waals surface area contributed by atoms with Crippen LogP contribution in [-0.2, 0) is 9.31 Å². The molecule has 24 heavy (non-hydrogen) atoms. The minimum atomic E-state index is -1.91. The van der Waals surface area contributed by atoms with Crippen LogP contribution in [0.5, 0.6) is 5.75 Å². The second-order valence-corrected chi connectivity index (χ2v) is 14.0. The molecule has 0 amide bonds. The summed E-state index contributed by atoms with van der Waals surface area (Å²) in [5.41, 5.74) is 7.10. The van der Waals surface area contributed by atoms with E-state index >= 15 is 0 Å². The van der Waals surface area contributed by atoms with Crippen LogP contribution in [0.2, 0.25) is 18.1 Å². The molecule has 1 aromatic carbocycles. The minimum Gasteiger partial charge on any atom is -0.542 e. The third-order valence-corrected chi connectivity index (χ3v) is 10.1. The monoisotopic (exact) mass is 349 g/mol. The van der Waals surface area contributed by atoms with Crippen molar-refractivity contribution in [2.75, 3.05) is 5.73 Å². The highest BCUT2D eigenvalue weighted by molar-refractivity contribution is 6.74. The molecule has 1 aromatic rings. The SMILES string of the molecule is CC1(C)OB(c2ccc(O[Si](C)(C)C(C)(C)C)c(N)c2)OC1(C)C. The van der Waals surface area contributed by atoms with Crippen molar-refractivity contribution in [1.29, 1.82) is 0 Å². The maximum atomic E-state index is 6.33. The van der Waals surface area contributed by atoms with E-state index in [1.165, 1.54) is 0 Å². The molecular formula is C18H32BNO3Si. The van der Waals surface area contributed by atoms with Crippen molar-refractivity contribution in [3.8, 4) is 5.75 Å². The van der Waals surface area contributed by atoms with E-state index in [4.69, 9.17) is 19.5 Å². The van der Waals surface area contributed by atoms with Gasteiger partial charge >= 0.3 is 7.12 Å². The highest BCUT2D eigenvalue weighted by atomic mass is 28.4. The van der Waals surface area contributed by atoms with Crippen LogP contribution < -0.4 is 15.6 Å². The molecule has 1 aliphatic rings. The fourth-order valence-corrected chi connectivity index (χ4v) is 3.26. The van der Waals surface area contributed by atoms with Crippen LogP contribution in [0.15, 0.2) is 18.2 Å². The van der Waals surface area contributed by atoms with Gasteiger partial charge in [-0.2, -0.15) is 0 Å². The molecular weight excluding hydrogens is 317 g/mol. The Morgan fingerprint density at radius 3 is 1.96 bits per heavy atom. The van der Waals surface area contributed by atoms with E-state index in [2.05, 4.69) is 33.9 Å². The Kier molecular flexibility index (Phi) is 4.66. The lowest BCUT2D eigenvalue weighted by molar-refractivity contribution is 0.00578. The van der Waals surface area contributed by atoms with E-state index < -0.39 is 15.4 Å². The molecule has 0 aromatic heterocycles. The summed E-state index contributed by atoms with van der Waals surface area (Å²) < 4.78 is 18.5. The Bertz CT molecular complexity index is 607. The molecule has 0 aliphatic carbocycles. The van der Waals surface area contributed by atoms with Crippen molar-refractivity contribution >= 4 is 26.6 Å². The van der Waals surface area contributed by atoms with Crippen molar-refractivity contribution in [1.82, 2.24) is 0 Å². The second kappa shape index (κ2) is 5.78. The van der Waals surface area contributed by atoms with E-state index in [0.29, 0.717) is 5.69 Å². The van der Waals surface area contributed by atoms with Gasteiger partial charge in [-0.05, 0) is 63.4 Å². The van der Waals surface area contributed by atoms with Crippen molar-refractivity contribution < 1.29 is 13.7 Å². The predicted molar refractivity (Wildman–Crippen MR) is 104 cm³/mol. The van der Waals surface area contributed by atoms with Gasteiger partial charge in [-0.3, -0.25) is 0 Å².